The highest BCUT2D eigenvalue weighted by Crippen LogP contribution is 2.58. The van der Waals surface area contributed by atoms with Crippen LogP contribution in [0.25, 0.3) is 0 Å². The van der Waals surface area contributed by atoms with Gasteiger partial charge in [0.25, 0.3) is 5.56 Å². The van der Waals surface area contributed by atoms with Gasteiger partial charge in [0, 0.05) is 18.2 Å². The van der Waals surface area contributed by atoms with Gasteiger partial charge < -0.3 is 24.3 Å². The van der Waals surface area contributed by atoms with E-state index in [-0.39, 0.29) is 18.9 Å². The van der Waals surface area contributed by atoms with Gasteiger partial charge in [-0.3, -0.25) is 23.7 Å². The fraction of sp³-hybridized carbons (Fsp3) is 0.722. The maximum absolute atomic E-state index is 14.1. The van der Waals surface area contributed by atoms with E-state index < -0.39 is 67.8 Å². The molecule has 2 saturated heterocycles. The van der Waals surface area contributed by atoms with Crippen LogP contribution in [0.2, 0.25) is 0 Å². The predicted octanol–water partition coefficient (Wildman–Crippen LogP) is 0.687. The van der Waals surface area contributed by atoms with Crippen molar-refractivity contribution in [3.8, 4) is 0 Å². The Kier molecular flexibility index (Phi) is 6.87. The molecule has 0 amide bonds. The second kappa shape index (κ2) is 8.95. The third-order valence-electron chi connectivity index (χ3n) is 5.25. The van der Waals surface area contributed by atoms with Crippen LogP contribution in [0.1, 0.15) is 33.4 Å². The Morgan fingerprint density at radius 3 is 2.84 bits per heavy atom. The minimum Gasteiger partial charge on any atom is -0.463 e. The topological polar surface area (TPSA) is 152 Å². The summed E-state index contributed by atoms with van der Waals surface area (Å²) in [6.45, 7) is 4.19. The van der Waals surface area contributed by atoms with Gasteiger partial charge in [0.15, 0.2) is 6.23 Å². The van der Waals surface area contributed by atoms with Gasteiger partial charge in [-0.1, -0.05) is 0 Å². The van der Waals surface area contributed by atoms with Crippen molar-refractivity contribution in [2.75, 3.05) is 19.4 Å². The first-order valence-electron chi connectivity index (χ1n) is 9.89. The van der Waals surface area contributed by atoms with Crippen molar-refractivity contribution in [3.05, 3.63) is 33.1 Å². The molecule has 31 heavy (non-hydrogen) atoms. The van der Waals surface area contributed by atoms with Crippen LogP contribution in [0, 0.1) is 5.92 Å². The van der Waals surface area contributed by atoms with Crippen LogP contribution in [-0.2, 0) is 27.9 Å². The molecular formula is C18H27FN3O8P. The molecule has 174 valence electrons. The predicted molar refractivity (Wildman–Crippen MR) is 106 cm³/mol. The zero-order valence-corrected chi connectivity index (χ0v) is 18.4. The summed E-state index contributed by atoms with van der Waals surface area (Å²) >= 11 is 0. The van der Waals surface area contributed by atoms with Gasteiger partial charge in [0.2, 0.25) is 0 Å². The molecule has 0 aromatic carbocycles. The normalized spacial score (nSPS) is 33.8. The van der Waals surface area contributed by atoms with Gasteiger partial charge in [-0.15, -0.1) is 0 Å². The third kappa shape index (κ3) is 5.32. The lowest BCUT2D eigenvalue weighted by molar-refractivity contribution is -0.149. The molecule has 2 fully saturated rings. The zero-order valence-electron chi connectivity index (χ0n) is 17.5. The fourth-order valence-electron chi connectivity index (χ4n) is 3.75. The fourth-order valence-corrected chi connectivity index (χ4v) is 5.91. The van der Waals surface area contributed by atoms with Crippen LogP contribution >= 0.6 is 7.60 Å². The Hall–Kier alpha value is -1.85. The number of alkyl halides is 1. The molecule has 1 unspecified atom stereocenters. The Labute approximate surface area is 177 Å². The third-order valence-corrected chi connectivity index (χ3v) is 7.18. The number of esters is 1. The van der Waals surface area contributed by atoms with E-state index in [0.717, 1.165) is 4.57 Å². The average Bonchev–Trinajstić information content (AvgIpc) is 2.90. The standard InChI is InChI=1S/C18H27FN3O8P/c1-10(2)29-15(24)6-11(19)7-27-31(26)9-12-13(8-28-31)30-16(18(12,3)20)22-5-4-14(23)21-17(22)25/h4-5,10-13,16H,6-9,20H2,1-3H3,(H,21,23,25)/t11-,12-,13-,16-,18-,31?/m1/s1. The van der Waals surface area contributed by atoms with Crippen molar-refractivity contribution in [3.63, 3.8) is 0 Å². The number of hydrogen-bond donors (Lipinski definition) is 2. The molecule has 13 heteroatoms. The molecule has 1 aromatic rings. The molecule has 0 aliphatic carbocycles. The SMILES string of the molecule is CC(C)OC(=O)C[C@@H](F)COP1(=O)C[C@@H]2[C@@H](CO1)O[C@@H](n1ccc(=O)[nH]c1=O)[C@]2(C)N. The van der Waals surface area contributed by atoms with Crippen LogP contribution in [0.3, 0.4) is 0 Å². The molecule has 3 N–H and O–H groups in total. The van der Waals surface area contributed by atoms with Crippen molar-refractivity contribution in [2.24, 2.45) is 11.7 Å². The van der Waals surface area contributed by atoms with Gasteiger partial charge in [0.1, 0.15) is 6.17 Å². The minimum absolute atomic E-state index is 0.129. The van der Waals surface area contributed by atoms with E-state index in [2.05, 4.69) is 4.98 Å². The monoisotopic (exact) mass is 463 g/mol. The van der Waals surface area contributed by atoms with Crippen LogP contribution in [0.4, 0.5) is 4.39 Å². The number of nitrogens with zero attached hydrogens (tertiary/aromatic N) is 1. The molecule has 11 nitrogen and oxygen atoms in total. The quantitative estimate of drug-likeness (QED) is 0.439. The zero-order chi connectivity index (χ0) is 23.0. The number of fused-ring (bicyclic) bond motifs is 1. The van der Waals surface area contributed by atoms with E-state index in [1.54, 1.807) is 20.8 Å². The Balaban J connectivity index is 1.66. The van der Waals surface area contributed by atoms with Crippen molar-refractivity contribution < 1.29 is 32.3 Å². The highest BCUT2D eigenvalue weighted by atomic mass is 31.2. The molecule has 0 spiro atoms. The second-order valence-corrected chi connectivity index (χ2v) is 10.3. The smallest absolute Gasteiger partial charge is 0.331 e. The number of hydrogen-bond acceptors (Lipinski definition) is 9. The summed E-state index contributed by atoms with van der Waals surface area (Å²) in [6.07, 6.45) is -3.01. The highest BCUT2D eigenvalue weighted by molar-refractivity contribution is 7.53. The number of halogens is 1. The summed E-state index contributed by atoms with van der Waals surface area (Å²) in [5.74, 6) is -1.25. The van der Waals surface area contributed by atoms with Crippen molar-refractivity contribution in [2.45, 2.75) is 57.3 Å². The molecule has 0 saturated carbocycles. The second-order valence-electron chi connectivity index (χ2n) is 8.24. The molecule has 0 bridgehead atoms. The van der Waals surface area contributed by atoms with Crippen molar-refractivity contribution in [1.29, 1.82) is 0 Å². The molecule has 0 radical (unpaired) electrons. The van der Waals surface area contributed by atoms with Gasteiger partial charge >= 0.3 is 19.3 Å². The van der Waals surface area contributed by atoms with Crippen LogP contribution < -0.4 is 17.0 Å². The summed E-state index contributed by atoms with van der Waals surface area (Å²) in [6, 6.07) is 1.17. The first-order chi connectivity index (χ1) is 14.4. The lowest BCUT2D eigenvalue weighted by Gasteiger charge is -2.36. The van der Waals surface area contributed by atoms with Crippen molar-refractivity contribution >= 4 is 13.6 Å². The summed E-state index contributed by atoms with van der Waals surface area (Å²) in [5.41, 5.74) is 4.05. The lowest BCUT2D eigenvalue weighted by Crippen LogP contribution is -2.52. The first kappa shape index (κ1) is 23.8. The first-order valence-corrected chi connectivity index (χ1v) is 11.6. The Morgan fingerprint density at radius 2 is 2.19 bits per heavy atom. The number of nitrogens with one attached hydrogen (secondary N) is 1. The van der Waals surface area contributed by atoms with Gasteiger partial charge in [0.05, 0.1) is 43.5 Å². The highest BCUT2D eigenvalue weighted by Gasteiger charge is 2.57. The molecule has 1 aromatic heterocycles. The number of ether oxygens (including phenoxy) is 2. The van der Waals surface area contributed by atoms with Crippen molar-refractivity contribution in [1.82, 2.24) is 9.55 Å². The molecule has 2 aliphatic rings. The van der Waals surface area contributed by atoms with E-state index >= 15 is 0 Å². The Bertz CT molecular complexity index is 977. The van der Waals surface area contributed by atoms with Crippen LogP contribution in [0.5, 0.6) is 0 Å². The average molecular weight is 463 g/mol. The number of carbonyl (C=O) groups excluding carboxylic acids is 1. The maximum atomic E-state index is 14.1. The van der Waals surface area contributed by atoms with E-state index in [4.69, 9.17) is 24.3 Å². The van der Waals surface area contributed by atoms with E-state index in [0.29, 0.717) is 0 Å². The van der Waals surface area contributed by atoms with E-state index in [1.165, 1.54) is 12.3 Å². The summed E-state index contributed by atoms with van der Waals surface area (Å²) in [7, 11) is -3.72. The molecule has 2 aliphatic heterocycles. The van der Waals surface area contributed by atoms with Crippen LogP contribution in [-0.4, -0.2) is 58.8 Å². The number of nitrogens with two attached hydrogens (primary N) is 1. The summed E-state index contributed by atoms with van der Waals surface area (Å²) in [4.78, 5) is 37.2. The largest absolute Gasteiger partial charge is 0.463 e. The van der Waals surface area contributed by atoms with Gasteiger partial charge in [-0.2, -0.15) is 0 Å². The summed E-state index contributed by atoms with van der Waals surface area (Å²) in [5, 5.41) is 0. The van der Waals surface area contributed by atoms with E-state index in [9.17, 15) is 23.3 Å². The lowest BCUT2D eigenvalue weighted by atomic mass is 9.85. The number of H-pyrrole nitrogens is 1. The molecular weight excluding hydrogens is 436 g/mol. The van der Waals surface area contributed by atoms with Gasteiger partial charge in [-0.05, 0) is 20.8 Å². The number of aromatic nitrogens is 2. The minimum atomic E-state index is -3.72. The number of rotatable bonds is 7. The number of aromatic amines is 1. The van der Waals surface area contributed by atoms with Gasteiger partial charge in [-0.25, -0.2) is 9.18 Å². The molecule has 3 heterocycles. The molecule has 6 atom stereocenters. The maximum Gasteiger partial charge on any atom is 0.331 e. The summed E-state index contributed by atoms with van der Waals surface area (Å²) < 4.78 is 49.6. The number of carbonyl (C=O) groups is 1. The Morgan fingerprint density at radius 1 is 1.48 bits per heavy atom. The van der Waals surface area contributed by atoms with Crippen LogP contribution in [0.15, 0.2) is 21.9 Å². The molecule has 3 rings (SSSR count). The van der Waals surface area contributed by atoms with E-state index in [1.807, 2.05) is 0 Å².